The number of rotatable bonds is 2. The Bertz CT molecular complexity index is 1020. The van der Waals surface area contributed by atoms with Gasteiger partial charge < -0.3 is 10.1 Å². The number of nitrogens with zero attached hydrogens (tertiary/aromatic N) is 1. The Morgan fingerprint density at radius 3 is 2.66 bits per heavy atom. The summed E-state index contributed by atoms with van der Waals surface area (Å²) in [5, 5.41) is 3.91. The average molecular weight is 485 g/mol. The van der Waals surface area contributed by atoms with Crippen LogP contribution in [-0.4, -0.2) is 28.1 Å². The van der Waals surface area contributed by atoms with Gasteiger partial charge in [-0.15, -0.1) is 0 Å². The normalized spacial score (nSPS) is 22.1. The zero-order valence-corrected chi connectivity index (χ0v) is 19.8. The summed E-state index contributed by atoms with van der Waals surface area (Å²) in [6.45, 7) is 4.15. The molecule has 29 heavy (non-hydrogen) atoms. The lowest BCUT2D eigenvalue weighted by Gasteiger charge is -2.48. The third-order valence-electron chi connectivity index (χ3n) is 5.25. The van der Waals surface area contributed by atoms with Crippen LogP contribution in [0.25, 0.3) is 0 Å². The molecule has 0 radical (unpaired) electrons. The van der Waals surface area contributed by atoms with Crippen LogP contribution < -0.4 is 15.0 Å². The number of carbonyl (C=O) groups is 1. The topological polar surface area (TPSA) is 41.6 Å². The first-order valence-corrected chi connectivity index (χ1v) is 12.2. The molecule has 2 amide bonds. The lowest BCUT2D eigenvalue weighted by molar-refractivity contribution is 0.249. The molecule has 1 fully saturated rings. The number of thiocarbonyl (C=S) groups is 1. The Labute approximate surface area is 193 Å². The van der Waals surface area contributed by atoms with E-state index >= 15 is 0 Å². The molecule has 2 atom stereocenters. The molecule has 2 aliphatic rings. The zero-order chi connectivity index (χ0) is 20.9. The second-order valence-electron chi connectivity index (χ2n) is 7.37. The number of benzene rings is 2. The van der Waals surface area contributed by atoms with Crippen molar-refractivity contribution in [3.63, 3.8) is 0 Å². The summed E-state index contributed by atoms with van der Waals surface area (Å²) in [6.07, 6.45) is 0. The number of fused-ring (bicyclic) bond motifs is 3. The largest absolute Gasteiger partial charge is 0.497 e. The minimum absolute atomic E-state index is 0.0779. The van der Waals surface area contributed by atoms with Gasteiger partial charge >= 0.3 is 6.03 Å². The highest BCUT2D eigenvalue weighted by Gasteiger charge is 2.54. The molecule has 2 aromatic carbocycles. The van der Waals surface area contributed by atoms with Crippen LogP contribution in [0.1, 0.15) is 25.3 Å². The Morgan fingerprint density at radius 2 is 1.97 bits per heavy atom. The van der Waals surface area contributed by atoms with E-state index in [1.807, 2.05) is 23.1 Å². The lowest BCUT2D eigenvalue weighted by Crippen LogP contribution is -2.59. The maximum Gasteiger partial charge on any atom is 0.326 e. The van der Waals surface area contributed by atoms with Crippen LogP contribution in [-0.2, 0) is 0 Å². The lowest BCUT2D eigenvalue weighted by atomic mass is 9.79. The molecule has 0 aliphatic carbocycles. The molecule has 0 aromatic heterocycles. The van der Waals surface area contributed by atoms with Crippen molar-refractivity contribution in [3.8, 4) is 5.75 Å². The van der Waals surface area contributed by atoms with Crippen molar-refractivity contribution >= 4 is 78.6 Å². The summed E-state index contributed by atoms with van der Waals surface area (Å²) in [7, 11) is 4.98. The predicted octanol–water partition coefficient (Wildman–Crippen LogP) is 7.01. The van der Waals surface area contributed by atoms with Crippen LogP contribution >= 0.6 is 57.0 Å². The van der Waals surface area contributed by atoms with Gasteiger partial charge in [-0.25, -0.2) is 4.79 Å². The van der Waals surface area contributed by atoms with E-state index in [1.165, 1.54) is 0 Å². The highest BCUT2D eigenvalue weighted by molar-refractivity contribution is 8.84. The maximum absolute atomic E-state index is 13.4. The third-order valence-corrected chi connectivity index (χ3v) is 9.83. The molecule has 0 spiro atoms. The van der Waals surface area contributed by atoms with Crippen LogP contribution in [0, 0.1) is 0 Å². The molecule has 0 unspecified atom stereocenters. The summed E-state index contributed by atoms with van der Waals surface area (Å²) in [4.78, 5) is 15.2. The zero-order valence-electron chi connectivity index (χ0n) is 15.9. The summed E-state index contributed by atoms with van der Waals surface area (Å²) >= 11 is 17.8. The molecule has 2 heterocycles. The van der Waals surface area contributed by atoms with E-state index in [1.54, 1.807) is 46.9 Å². The summed E-state index contributed by atoms with van der Waals surface area (Å²) in [5.41, 5.74) is 1.96. The maximum atomic E-state index is 13.4. The van der Waals surface area contributed by atoms with Crippen molar-refractivity contribution < 1.29 is 9.53 Å². The number of hydrogen-bond acceptors (Lipinski definition) is 5. The third kappa shape index (κ3) is 3.61. The number of anilines is 2. The first kappa shape index (κ1) is 21.1. The van der Waals surface area contributed by atoms with Crippen molar-refractivity contribution in [1.82, 2.24) is 0 Å². The quantitative estimate of drug-likeness (QED) is 0.366. The molecule has 0 bridgehead atoms. The number of urea groups is 1. The molecule has 2 aliphatic heterocycles. The Hall–Kier alpha value is -1.12. The number of methoxy groups -OCH3 is 1. The van der Waals surface area contributed by atoms with Gasteiger partial charge in [-0.1, -0.05) is 46.2 Å². The van der Waals surface area contributed by atoms with Crippen molar-refractivity contribution in [2.45, 2.75) is 30.6 Å². The summed E-state index contributed by atoms with van der Waals surface area (Å²) < 4.78 is 6.37. The van der Waals surface area contributed by atoms with Crippen LogP contribution in [0.3, 0.4) is 0 Å². The molecule has 4 nitrogen and oxygen atoms in total. The number of halogens is 2. The standard InChI is InChI=1S/C20H18Cl2N2O2S3/c1-20(2)17-16(18(27)29-28-17)12-9-11(26-3)5-7-15(12)24(20)19(25)23-10-4-6-13(21)14(22)8-10/h4-9,16-17H,1-3H3,(H,23,25)/t16-,17-/m0/s1. The highest BCUT2D eigenvalue weighted by Crippen LogP contribution is 2.59. The van der Waals surface area contributed by atoms with Crippen molar-refractivity contribution in [2.24, 2.45) is 0 Å². The van der Waals surface area contributed by atoms with Gasteiger partial charge in [-0.3, -0.25) is 4.90 Å². The van der Waals surface area contributed by atoms with Crippen molar-refractivity contribution in [3.05, 3.63) is 52.0 Å². The van der Waals surface area contributed by atoms with Crippen LogP contribution in [0.15, 0.2) is 36.4 Å². The summed E-state index contributed by atoms with van der Waals surface area (Å²) in [5.74, 6) is 0.825. The van der Waals surface area contributed by atoms with E-state index in [-0.39, 0.29) is 17.2 Å². The van der Waals surface area contributed by atoms with Crippen LogP contribution in [0.4, 0.5) is 16.2 Å². The van der Waals surface area contributed by atoms with Gasteiger partial charge in [0.2, 0.25) is 0 Å². The Kier molecular flexibility index (Phi) is 5.72. The number of amides is 2. The molecule has 4 rings (SSSR count). The average Bonchev–Trinajstić information content (AvgIpc) is 3.07. The second-order valence-corrected chi connectivity index (χ2v) is 11.3. The van der Waals surface area contributed by atoms with Crippen LogP contribution in [0.5, 0.6) is 5.75 Å². The highest BCUT2D eigenvalue weighted by atomic mass is 35.5. The number of ether oxygens (including phenoxy) is 1. The van der Waals surface area contributed by atoms with E-state index in [0.717, 1.165) is 21.2 Å². The minimum Gasteiger partial charge on any atom is -0.497 e. The molecule has 0 saturated carbocycles. The fourth-order valence-electron chi connectivity index (χ4n) is 3.82. The molecule has 1 saturated heterocycles. The van der Waals surface area contributed by atoms with Gasteiger partial charge in [0.05, 0.1) is 37.8 Å². The van der Waals surface area contributed by atoms with E-state index in [2.05, 4.69) is 19.2 Å². The molecule has 1 N–H and O–H groups in total. The molecular weight excluding hydrogens is 467 g/mol. The molecule has 9 heteroatoms. The van der Waals surface area contributed by atoms with Crippen LogP contribution in [0.2, 0.25) is 10.0 Å². The van der Waals surface area contributed by atoms with Gasteiger partial charge in [0.25, 0.3) is 0 Å². The van der Waals surface area contributed by atoms with E-state index in [4.69, 9.17) is 40.2 Å². The van der Waals surface area contributed by atoms with E-state index in [0.29, 0.717) is 15.7 Å². The van der Waals surface area contributed by atoms with Gasteiger partial charge in [0.15, 0.2) is 0 Å². The van der Waals surface area contributed by atoms with Crippen molar-refractivity contribution in [2.75, 3.05) is 17.3 Å². The second kappa shape index (κ2) is 7.85. The monoisotopic (exact) mass is 484 g/mol. The first-order chi connectivity index (χ1) is 13.7. The van der Waals surface area contributed by atoms with Gasteiger partial charge in [-0.2, -0.15) is 0 Å². The van der Waals surface area contributed by atoms with E-state index < -0.39 is 5.54 Å². The first-order valence-electron chi connectivity index (χ1n) is 8.85. The molecule has 2 aromatic rings. The number of carbonyl (C=O) groups excluding carboxylic acids is 1. The number of hydrogen-bond donors (Lipinski definition) is 1. The SMILES string of the molecule is COc1ccc2c(c1)[C@@H]1C(=S)SS[C@@H]1C(C)(C)N2C(=O)Nc1ccc(Cl)c(Cl)c1. The summed E-state index contributed by atoms with van der Waals surface area (Å²) in [6, 6.07) is 10.6. The minimum atomic E-state index is -0.467. The Balaban J connectivity index is 1.78. The number of nitrogens with one attached hydrogen (secondary N) is 1. The Morgan fingerprint density at radius 1 is 1.21 bits per heavy atom. The predicted molar refractivity (Wildman–Crippen MR) is 129 cm³/mol. The van der Waals surface area contributed by atoms with E-state index in [9.17, 15) is 4.79 Å². The van der Waals surface area contributed by atoms with Gasteiger partial charge in [0, 0.05) is 11.6 Å². The fraction of sp³-hybridized carbons (Fsp3) is 0.300. The fourth-order valence-corrected chi connectivity index (χ4v) is 8.15. The van der Waals surface area contributed by atoms with Crippen molar-refractivity contribution in [1.29, 1.82) is 0 Å². The van der Waals surface area contributed by atoms with Gasteiger partial charge in [-0.05, 0) is 66.6 Å². The molecular formula is C20H18Cl2N2O2S3. The van der Waals surface area contributed by atoms with Gasteiger partial charge in [0.1, 0.15) is 5.75 Å². The molecule has 152 valence electrons. The smallest absolute Gasteiger partial charge is 0.326 e.